The molecule has 0 spiro atoms. The van der Waals surface area contributed by atoms with Crippen LogP contribution in [0.2, 0.25) is 0 Å². The molecule has 1 heterocycles. The standard InChI is InChI=1S/C18H30N2O/c1-5-11-20(6-2)12-10-19-14-16-9-7-8-15-13-18(3,4)21-17(15)16/h7-9,19H,5-6,10-14H2,1-4H3. The van der Waals surface area contributed by atoms with Gasteiger partial charge in [0.1, 0.15) is 11.4 Å². The lowest BCUT2D eigenvalue weighted by molar-refractivity contribution is 0.137. The molecular formula is C18H30N2O. The highest BCUT2D eigenvalue weighted by atomic mass is 16.5. The molecule has 1 aromatic rings. The van der Waals surface area contributed by atoms with Gasteiger partial charge in [-0.05, 0) is 38.9 Å². The van der Waals surface area contributed by atoms with Crippen molar-refractivity contribution in [3.8, 4) is 5.75 Å². The molecule has 3 heteroatoms. The zero-order chi connectivity index (χ0) is 15.3. The van der Waals surface area contributed by atoms with E-state index in [1.54, 1.807) is 0 Å². The molecule has 0 aromatic heterocycles. The summed E-state index contributed by atoms with van der Waals surface area (Å²) < 4.78 is 6.11. The zero-order valence-electron chi connectivity index (χ0n) is 14.0. The molecule has 0 saturated heterocycles. The van der Waals surface area contributed by atoms with Crippen LogP contribution in [0.1, 0.15) is 45.2 Å². The minimum atomic E-state index is -0.0570. The van der Waals surface area contributed by atoms with Crippen LogP contribution in [0.3, 0.4) is 0 Å². The van der Waals surface area contributed by atoms with Crippen LogP contribution < -0.4 is 10.1 Å². The van der Waals surface area contributed by atoms with Crippen molar-refractivity contribution in [1.82, 2.24) is 10.2 Å². The maximum atomic E-state index is 6.11. The van der Waals surface area contributed by atoms with Crippen molar-refractivity contribution in [3.63, 3.8) is 0 Å². The van der Waals surface area contributed by atoms with Crippen LogP contribution in [0.4, 0.5) is 0 Å². The number of fused-ring (bicyclic) bond motifs is 1. The number of nitrogens with one attached hydrogen (secondary N) is 1. The number of hydrogen-bond donors (Lipinski definition) is 1. The largest absolute Gasteiger partial charge is 0.487 e. The van der Waals surface area contributed by atoms with Gasteiger partial charge >= 0.3 is 0 Å². The number of benzene rings is 1. The SMILES string of the molecule is CCCN(CC)CCNCc1cccc2c1OC(C)(C)C2. The lowest BCUT2D eigenvalue weighted by Crippen LogP contribution is -2.32. The van der Waals surface area contributed by atoms with Crippen LogP contribution in [0.15, 0.2) is 18.2 Å². The first-order valence-corrected chi connectivity index (χ1v) is 8.28. The molecular weight excluding hydrogens is 260 g/mol. The first-order chi connectivity index (χ1) is 10.1. The summed E-state index contributed by atoms with van der Waals surface area (Å²) in [5.41, 5.74) is 2.58. The highest BCUT2D eigenvalue weighted by Crippen LogP contribution is 2.37. The van der Waals surface area contributed by atoms with Crippen molar-refractivity contribution in [1.29, 1.82) is 0 Å². The highest BCUT2D eigenvalue weighted by Gasteiger charge is 2.31. The van der Waals surface area contributed by atoms with Gasteiger partial charge in [-0.25, -0.2) is 0 Å². The summed E-state index contributed by atoms with van der Waals surface area (Å²) in [6.07, 6.45) is 2.24. The Hall–Kier alpha value is -1.06. The Morgan fingerprint density at radius 1 is 1.24 bits per heavy atom. The molecule has 0 saturated carbocycles. The second-order valence-electron chi connectivity index (χ2n) is 6.55. The number of rotatable bonds is 8. The van der Waals surface area contributed by atoms with Crippen molar-refractivity contribution in [2.45, 2.75) is 52.7 Å². The van der Waals surface area contributed by atoms with Crippen LogP contribution in [-0.2, 0) is 13.0 Å². The molecule has 1 N–H and O–H groups in total. The van der Waals surface area contributed by atoms with E-state index in [0.717, 1.165) is 38.3 Å². The molecule has 1 aliphatic rings. The molecule has 0 atom stereocenters. The minimum absolute atomic E-state index is 0.0570. The summed E-state index contributed by atoms with van der Waals surface area (Å²) in [5.74, 6) is 1.11. The van der Waals surface area contributed by atoms with Gasteiger partial charge in [0.05, 0.1) is 0 Å². The molecule has 3 nitrogen and oxygen atoms in total. The number of ether oxygens (including phenoxy) is 1. The Labute approximate surface area is 129 Å². The van der Waals surface area contributed by atoms with Crippen molar-refractivity contribution >= 4 is 0 Å². The summed E-state index contributed by atoms with van der Waals surface area (Å²) >= 11 is 0. The molecule has 0 amide bonds. The summed E-state index contributed by atoms with van der Waals surface area (Å²) in [6.45, 7) is 14.2. The minimum Gasteiger partial charge on any atom is -0.487 e. The van der Waals surface area contributed by atoms with E-state index in [9.17, 15) is 0 Å². The molecule has 21 heavy (non-hydrogen) atoms. The third-order valence-electron chi connectivity index (χ3n) is 4.08. The lowest BCUT2D eigenvalue weighted by atomic mass is 10.0. The van der Waals surface area contributed by atoms with Crippen LogP contribution in [0.25, 0.3) is 0 Å². The Kier molecular flexibility index (Phi) is 5.65. The first-order valence-electron chi connectivity index (χ1n) is 8.28. The third-order valence-corrected chi connectivity index (χ3v) is 4.08. The van der Waals surface area contributed by atoms with Gasteiger partial charge in [-0.2, -0.15) is 0 Å². The highest BCUT2D eigenvalue weighted by molar-refractivity contribution is 5.45. The van der Waals surface area contributed by atoms with E-state index < -0.39 is 0 Å². The molecule has 0 aliphatic carbocycles. The summed E-state index contributed by atoms with van der Waals surface area (Å²) in [7, 11) is 0. The number of nitrogens with zero attached hydrogens (tertiary/aromatic N) is 1. The zero-order valence-corrected chi connectivity index (χ0v) is 14.0. The van der Waals surface area contributed by atoms with Gasteiger partial charge in [0, 0.05) is 31.6 Å². The number of hydrogen-bond acceptors (Lipinski definition) is 3. The predicted octanol–water partition coefficient (Wildman–Crippen LogP) is 3.22. The molecule has 1 aromatic carbocycles. The van der Waals surface area contributed by atoms with Gasteiger partial charge in [-0.3, -0.25) is 0 Å². The van der Waals surface area contributed by atoms with Crippen LogP contribution in [0, 0.1) is 0 Å². The van der Waals surface area contributed by atoms with E-state index in [2.05, 4.69) is 56.1 Å². The fourth-order valence-corrected chi connectivity index (χ4v) is 3.02. The molecule has 0 unspecified atom stereocenters. The third kappa shape index (κ3) is 4.45. The van der Waals surface area contributed by atoms with Crippen LogP contribution in [-0.4, -0.2) is 36.7 Å². The van der Waals surface area contributed by atoms with E-state index in [0.29, 0.717) is 0 Å². The molecule has 0 radical (unpaired) electrons. The van der Waals surface area contributed by atoms with Gasteiger partial charge in [-0.1, -0.05) is 32.0 Å². The Balaban J connectivity index is 1.84. The maximum absolute atomic E-state index is 6.11. The molecule has 0 bridgehead atoms. The fourth-order valence-electron chi connectivity index (χ4n) is 3.02. The summed E-state index contributed by atoms with van der Waals surface area (Å²) in [4.78, 5) is 2.49. The van der Waals surface area contributed by atoms with Gasteiger partial charge in [0.25, 0.3) is 0 Å². The predicted molar refractivity (Wildman–Crippen MR) is 89.0 cm³/mol. The molecule has 0 fully saturated rings. The van der Waals surface area contributed by atoms with Crippen molar-refractivity contribution in [3.05, 3.63) is 29.3 Å². The van der Waals surface area contributed by atoms with E-state index in [4.69, 9.17) is 4.74 Å². The average Bonchev–Trinajstić information content (AvgIpc) is 2.76. The monoisotopic (exact) mass is 290 g/mol. The summed E-state index contributed by atoms with van der Waals surface area (Å²) in [6, 6.07) is 6.51. The number of likely N-dealkylation sites (N-methyl/N-ethyl adjacent to an activating group) is 1. The van der Waals surface area contributed by atoms with Gasteiger partial charge in [0.15, 0.2) is 0 Å². The van der Waals surface area contributed by atoms with Crippen LogP contribution >= 0.6 is 0 Å². The quantitative estimate of drug-likeness (QED) is 0.744. The molecule has 2 rings (SSSR count). The summed E-state index contributed by atoms with van der Waals surface area (Å²) in [5, 5.41) is 3.56. The van der Waals surface area contributed by atoms with E-state index >= 15 is 0 Å². The van der Waals surface area contributed by atoms with Crippen LogP contribution in [0.5, 0.6) is 5.75 Å². The van der Waals surface area contributed by atoms with Gasteiger partial charge < -0.3 is 15.0 Å². The van der Waals surface area contributed by atoms with Gasteiger partial charge in [-0.15, -0.1) is 0 Å². The Morgan fingerprint density at radius 2 is 2.05 bits per heavy atom. The van der Waals surface area contributed by atoms with Crippen molar-refractivity contribution in [2.24, 2.45) is 0 Å². The van der Waals surface area contributed by atoms with E-state index in [-0.39, 0.29) is 5.60 Å². The molecule has 118 valence electrons. The first kappa shape index (κ1) is 16.3. The maximum Gasteiger partial charge on any atom is 0.127 e. The topological polar surface area (TPSA) is 24.5 Å². The van der Waals surface area contributed by atoms with Crippen molar-refractivity contribution < 1.29 is 4.74 Å². The molecule has 1 aliphatic heterocycles. The fraction of sp³-hybridized carbons (Fsp3) is 0.667. The lowest BCUT2D eigenvalue weighted by Gasteiger charge is -2.20. The Morgan fingerprint density at radius 3 is 2.76 bits per heavy atom. The Bertz CT molecular complexity index is 457. The smallest absolute Gasteiger partial charge is 0.127 e. The normalized spacial score (nSPS) is 16.0. The van der Waals surface area contributed by atoms with Crippen molar-refractivity contribution in [2.75, 3.05) is 26.2 Å². The van der Waals surface area contributed by atoms with E-state index in [1.807, 2.05) is 0 Å². The second-order valence-corrected chi connectivity index (χ2v) is 6.55. The number of para-hydroxylation sites is 1. The van der Waals surface area contributed by atoms with Gasteiger partial charge in [0.2, 0.25) is 0 Å². The van der Waals surface area contributed by atoms with E-state index in [1.165, 1.54) is 24.1 Å². The average molecular weight is 290 g/mol. The second kappa shape index (κ2) is 7.28.